The largest absolute Gasteiger partial charge is 0.263 e. The summed E-state index contributed by atoms with van der Waals surface area (Å²) in [6.45, 7) is 4.23. The van der Waals surface area contributed by atoms with Gasteiger partial charge in [0, 0.05) is 24.4 Å². The van der Waals surface area contributed by atoms with Gasteiger partial charge < -0.3 is 0 Å². The van der Waals surface area contributed by atoms with Gasteiger partial charge in [-0.2, -0.15) is 0 Å². The fraction of sp³-hybridized carbons (Fsp3) is 0.267. The van der Waals surface area contributed by atoms with Crippen LogP contribution in [0, 0.1) is 0 Å². The highest BCUT2D eigenvalue weighted by Crippen LogP contribution is 2.24. The Hall–Kier alpha value is -1.43. The number of sulfonamides is 1. The summed E-state index contributed by atoms with van der Waals surface area (Å²) in [7, 11) is -3.68. The Morgan fingerprint density at radius 1 is 1.19 bits per heavy atom. The van der Waals surface area contributed by atoms with E-state index in [1.54, 1.807) is 0 Å². The van der Waals surface area contributed by atoms with E-state index in [1.807, 2.05) is 44.2 Å². The molecule has 0 spiro atoms. The second-order valence-corrected chi connectivity index (χ2v) is 7.52. The molecule has 0 fully saturated rings. The Morgan fingerprint density at radius 2 is 1.86 bits per heavy atom. The van der Waals surface area contributed by atoms with E-state index in [2.05, 4.69) is 9.71 Å². The molecule has 0 aliphatic carbocycles. The molecule has 0 aliphatic rings. The van der Waals surface area contributed by atoms with Crippen molar-refractivity contribution in [3.8, 4) is 0 Å². The van der Waals surface area contributed by atoms with Crippen LogP contribution in [0.15, 0.2) is 53.7 Å². The number of hydrogen-bond acceptors (Lipinski definition) is 3. The van der Waals surface area contributed by atoms with Crippen LogP contribution in [0.2, 0.25) is 5.02 Å². The van der Waals surface area contributed by atoms with E-state index in [0.29, 0.717) is 0 Å². The maximum atomic E-state index is 12.3. The third-order valence-corrected chi connectivity index (χ3v) is 5.15. The van der Waals surface area contributed by atoms with Crippen molar-refractivity contribution in [1.29, 1.82) is 0 Å². The summed E-state index contributed by atoms with van der Waals surface area (Å²) in [5.74, 6) is 0. The third-order valence-electron chi connectivity index (χ3n) is 3.28. The van der Waals surface area contributed by atoms with Crippen LogP contribution in [-0.2, 0) is 15.4 Å². The maximum absolute atomic E-state index is 12.3. The first kappa shape index (κ1) is 15.9. The van der Waals surface area contributed by atoms with Gasteiger partial charge in [-0.05, 0) is 11.6 Å². The molecule has 0 atom stereocenters. The smallest absolute Gasteiger partial charge is 0.243 e. The summed E-state index contributed by atoms with van der Waals surface area (Å²) in [4.78, 5) is 3.81. The van der Waals surface area contributed by atoms with Crippen molar-refractivity contribution in [3.05, 3.63) is 59.4 Å². The Morgan fingerprint density at radius 3 is 2.48 bits per heavy atom. The molecule has 0 unspecified atom stereocenters. The van der Waals surface area contributed by atoms with Crippen molar-refractivity contribution >= 4 is 21.6 Å². The number of halogens is 1. The van der Waals surface area contributed by atoms with Crippen molar-refractivity contribution < 1.29 is 8.42 Å². The Labute approximate surface area is 130 Å². The standard InChI is InChI=1S/C15H17ClN2O2S/c1-15(2,12-6-4-3-5-7-12)11-18-21(19,20)14-10-17-9-8-13(14)16/h3-10,18H,11H2,1-2H3. The van der Waals surface area contributed by atoms with E-state index in [-0.39, 0.29) is 21.9 Å². The van der Waals surface area contributed by atoms with Gasteiger partial charge in [0.1, 0.15) is 4.90 Å². The Kier molecular flexibility index (Phi) is 4.66. The molecular formula is C15H17ClN2O2S. The predicted molar refractivity (Wildman–Crippen MR) is 83.9 cm³/mol. The van der Waals surface area contributed by atoms with Gasteiger partial charge in [0.15, 0.2) is 0 Å². The van der Waals surface area contributed by atoms with E-state index in [9.17, 15) is 8.42 Å². The minimum Gasteiger partial charge on any atom is -0.263 e. The second-order valence-electron chi connectivity index (χ2n) is 5.38. The lowest BCUT2D eigenvalue weighted by atomic mass is 9.85. The van der Waals surface area contributed by atoms with E-state index in [1.165, 1.54) is 18.5 Å². The molecule has 0 aliphatic heterocycles. The molecule has 1 N–H and O–H groups in total. The van der Waals surface area contributed by atoms with E-state index >= 15 is 0 Å². The second kappa shape index (κ2) is 6.13. The lowest BCUT2D eigenvalue weighted by molar-refractivity contribution is 0.501. The van der Waals surface area contributed by atoms with Gasteiger partial charge in [-0.15, -0.1) is 0 Å². The van der Waals surface area contributed by atoms with Crippen molar-refractivity contribution in [2.24, 2.45) is 0 Å². The van der Waals surface area contributed by atoms with Gasteiger partial charge in [-0.3, -0.25) is 4.98 Å². The van der Waals surface area contributed by atoms with Crippen molar-refractivity contribution in [2.45, 2.75) is 24.2 Å². The number of pyridine rings is 1. The number of benzene rings is 1. The molecule has 0 saturated carbocycles. The topological polar surface area (TPSA) is 59.1 Å². The highest BCUT2D eigenvalue weighted by Gasteiger charge is 2.25. The van der Waals surface area contributed by atoms with E-state index in [0.717, 1.165) is 5.56 Å². The lowest BCUT2D eigenvalue weighted by Gasteiger charge is -2.25. The monoisotopic (exact) mass is 324 g/mol. The van der Waals surface area contributed by atoms with Crippen LogP contribution in [0.5, 0.6) is 0 Å². The average molecular weight is 325 g/mol. The quantitative estimate of drug-likeness (QED) is 0.919. The molecule has 4 nitrogen and oxygen atoms in total. The molecule has 6 heteroatoms. The predicted octanol–water partition coefficient (Wildman–Crippen LogP) is 2.99. The number of aromatic nitrogens is 1. The zero-order chi connectivity index (χ0) is 15.5. The van der Waals surface area contributed by atoms with Crippen molar-refractivity contribution in [1.82, 2.24) is 9.71 Å². The summed E-state index contributed by atoms with van der Waals surface area (Å²) in [5.41, 5.74) is 0.730. The summed E-state index contributed by atoms with van der Waals surface area (Å²) in [6.07, 6.45) is 2.70. The minimum absolute atomic E-state index is 0.00414. The fourth-order valence-corrected chi connectivity index (χ4v) is 3.55. The van der Waals surface area contributed by atoms with Crippen LogP contribution in [0.25, 0.3) is 0 Å². The molecule has 0 saturated heterocycles. The van der Waals surface area contributed by atoms with Gasteiger partial charge in [-0.25, -0.2) is 13.1 Å². The molecule has 112 valence electrons. The molecule has 1 aromatic carbocycles. The number of nitrogens with zero attached hydrogens (tertiary/aromatic N) is 1. The first-order valence-electron chi connectivity index (χ1n) is 6.48. The fourth-order valence-electron chi connectivity index (χ4n) is 1.91. The van der Waals surface area contributed by atoms with Gasteiger partial charge in [-0.1, -0.05) is 55.8 Å². The van der Waals surface area contributed by atoms with Gasteiger partial charge in [0.05, 0.1) is 5.02 Å². The molecular weight excluding hydrogens is 308 g/mol. The molecule has 0 radical (unpaired) electrons. The van der Waals surface area contributed by atoms with Crippen LogP contribution < -0.4 is 4.72 Å². The average Bonchev–Trinajstić information content (AvgIpc) is 2.47. The summed E-state index contributed by atoms with van der Waals surface area (Å²) in [5, 5.41) is 0.162. The highest BCUT2D eigenvalue weighted by atomic mass is 35.5. The summed E-state index contributed by atoms with van der Waals surface area (Å²) >= 11 is 5.92. The minimum atomic E-state index is -3.68. The molecule has 1 heterocycles. The highest BCUT2D eigenvalue weighted by molar-refractivity contribution is 7.89. The number of hydrogen-bond donors (Lipinski definition) is 1. The molecule has 2 aromatic rings. The van der Waals surface area contributed by atoms with Gasteiger partial charge >= 0.3 is 0 Å². The normalized spacial score (nSPS) is 12.3. The zero-order valence-corrected chi connectivity index (χ0v) is 13.4. The Bertz CT molecular complexity index is 715. The molecule has 1 aromatic heterocycles. The van der Waals surface area contributed by atoms with Crippen LogP contribution in [0.1, 0.15) is 19.4 Å². The zero-order valence-electron chi connectivity index (χ0n) is 11.9. The van der Waals surface area contributed by atoms with E-state index < -0.39 is 10.0 Å². The van der Waals surface area contributed by atoms with E-state index in [4.69, 9.17) is 11.6 Å². The van der Waals surface area contributed by atoms with Crippen molar-refractivity contribution in [2.75, 3.05) is 6.54 Å². The third kappa shape index (κ3) is 3.81. The first-order valence-corrected chi connectivity index (χ1v) is 8.34. The molecule has 0 bridgehead atoms. The van der Waals surface area contributed by atoms with Crippen molar-refractivity contribution in [3.63, 3.8) is 0 Å². The maximum Gasteiger partial charge on any atom is 0.243 e. The number of nitrogens with one attached hydrogen (secondary N) is 1. The molecule has 0 amide bonds. The van der Waals surface area contributed by atoms with Crippen LogP contribution in [-0.4, -0.2) is 19.9 Å². The SMILES string of the molecule is CC(C)(CNS(=O)(=O)c1cnccc1Cl)c1ccccc1. The van der Waals surface area contributed by atoms with Crippen LogP contribution >= 0.6 is 11.6 Å². The van der Waals surface area contributed by atoms with Gasteiger partial charge in [0.2, 0.25) is 10.0 Å². The van der Waals surface area contributed by atoms with Crippen LogP contribution in [0.4, 0.5) is 0 Å². The summed E-state index contributed by atoms with van der Waals surface area (Å²) in [6, 6.07) is 11.2. The lowest BCUT2D eigenvalue weighted by Crippen LogP contribution is -2.36. The number of rotatable bonds is 5. The molecule has 2 rings (SSSR count). The van der Waals surface area contributed by atoms with Crippen LogP contribution in [0.3, 0.4) is 0 Å². The summed E-state index contributed by atoms with van der Waals surface area (Å²) < 4.78 is 27.2. The molecule has 21 heavy (non-hydrogen) atoms. The van der Waals surface area contributed by atoms with Gasteiger partial charge in [0.25, 0.3) is 0 Å². The Balaban J connectivity index is 2.18. The first-order chi connectivity index (χ1) is 9.83.